The molecule has 0 radical (unpaired) electrons. The van der Waals surface area contributed by atoms with E-state index in [0.29, 0.717) is 28.6 Å². The fourth-order valence-corrected chi connectivity index (χ4v) is 1.93. The number of rotatable bonds is 5. The Morgan fingerprint density at radius 3 is 2.41 bits per heavy atom. The number of methoxy groups -OCH3 is 2. The van der Waals surface area contributed by atoms with E-state index >= 15 is 0 Å². The van der Waals surface area contributed by atoms with Gasteiger partial charge in [-0.25, -0.2) is 0 Å². The van der Waals surface area contributed by atoms with Gasteiger partial charge in [-0.3, -0.25) is 0 Å². The standard InChI is InChI=1S/C12H18ClNO3/c1-7-9(13)5-8(10(15)6-14-2)12(17-4)11(7)16-3/h5,10,14-15H,6H2,1-4H3. The van der Waals surface area contributed by atoms with E-state index in [-0.39, 0.29) is 0 Å². The monoisotopic (exact) mass is 259 g/mol. The minimum absolute atomic E-state index is 0.416. The highest BCUT2D eigenvalue weighted by molar-refractivity contribution is 6.31. The lowest BCUT2D eigenvalue weighted by Gasteiger charge is -2.19. The van der Waals surface area contributed by atoms with Crippen LogP contribution in [0.2, 0.25) is 5.02 Å². The Balaban J connectivity index is 3.33. The molecule has 0 amide bonds. The molecule has 2 N–H and O–H groups in total. The van der Waals surface area contributed by atoms with Gasteiger partial charge in [0.05, 0.1) is 20.3 Å². The van der Waals surface area contributed by atoms with Crippen LogP contribution >= 0.6 is 11.6 Å². The van der Waals surface area contributed by atoms with Crippen LogP contribution < -0.4 is 14.8 Å². The maximum atomic E-state index is 10.0. The number of nitrogens with one attached hydrogen (secondary N) is 1. The van der Waals surface area contributed by atoms with Crippen molar-refractivity contribution in [1.29, 1.82) is 0 Å². The van der Waals surface area contributed by atoms with Crippen molar-refractivity contribution in [1.82, 2.24) is 5.32 Å². The first-order valence-electron chi connectivity index (χ1n) is 5.30. The molecule has 0 aliphatic heterocycles. The van der Waals surface area contributed by atoms with Crippen LogP contribution in [0.25, 0.3) is 0 Å². The number of aliphatic hydroxyl groups is 1. The maximum Gasteiger partial charge on any atom is 0.166 e. The predicted molar refractivity (Wildman–Crippen MR) is 68.2 cm³/mol. The molecule has 1 aromatic rings. The lowest BCUT2D eigenvalue weighted by Crippen LogP contribution is -2.17. The summed E-state index contributed by atoms with van der Waals surface area (Å²) in [6.45, 7) is 2.26. The van der Waals surface area contributed by atoms with Gasteiger partial charge in [0.1, 0.15) is 0 Å². The van der Waals surface area contributed by atoms with Gasteiger partial charge in [0.15, 0.2) is 11.5 Å². The molecule has 1 rings (SSSR count). The third-order valence-corrected chi connectivity index (χ3v) is 3.01. The fraction of sp³-hybridized carbons (Fsp3) is 0.500. The van der Waals surface area contributed by atoms with Crippen molar-refractivity contribution in [2.45, 2.75) is 13.0 Å². The van der Waals surface area contributed by atoms with E-state index in [4.69, 9.17) is 21.1 Å². The molecule has 96 valence electrons. The molecule has 5 heteroatoms. The molecular weight excluding hydrogens is 242 g/mol. The number of hydrogen-bond acceptors (Lipinski definition) is 4. The lowest BCUT2D eigenvalue weighted by molar-refractivity contribution is 0.172. The Morgan fingerprint density at radius 2 is 1.94 bits per heavy atom. The molecule has 0 aromatic heterocycles. The normalized spacial score (nSPS) is 12.4. The van der Waals surface area contributed by atoms with E-state index in [9.17, 15) is 5.11 Å². The van der Waals surface area contributed by atoms with Crippen LogP contribution in [0, 0.1) is 6.92 Å². The molecule has 1 atom stereocenters. The Kier molecular flexibility index (Phi) is 5.05. The van der Waals surface area contributed by atoms with E-state index in [1.165, 1.54) is 0 Å². The van der Waals surface area contributed by atoms with Crippen molar-refractivity contribution in [2.24, 2.45) is 0 Å². The van der Waals surface area contributed by atoms with Gasteiger partial charge in [-0.2, -0.15) is 0 Å². The zero-order chi connectivity index (χ0) is 13.0. The second-order valence-electron chi connectivity index (χ2n) is 3.71. The molecule has 0 saturated heterocycles. The van der Waals surface area contributed by atoms with E-state index < -0.39 is 6.10 Å². The highest BCUT2D eigenvalue weighted by Gasteiger charge is 2.20. The minimum atomic E-state index is -0.693. The van der Waals surface area contributed by atoms with Gasteiger partial charge < -0.3 is 19.9 Å². The third-order valence-electron chi connectivity index (χ3n) is 2.61. The summed E-state index contributed by atoms with van der Waals surface area (Å²) in [4.78, 5) is 0. The van der Waals surface area contributed by atoms with Crippen molar-refractivity contribution >= 4 is 11.6 Å². The molecule has 4 nitrogen and oxygen atoms in total. The second-order valence-corrected chi connectivity index (χ2v) is 4.12. The van der Waals surface area contributed by atoms with E-state index in [1.807, 2.05) is 6.92 Å². The molecule has 0 aliphatic rings. The molecule has 0 bridgehead atoms. The summed E-state index contributed by atoms with van der Waals surface area (Å²) < 4.78 is 10.6. The van der Waals surface area contributed by atoms with Gasteiger partial charge in [0.2, 0.25) is 0 Å². The molecule has 0 saturated carbocycles. The van der Waals surface area contributed by atoms with Crippen LogP contribution in [-0.2, 0) is 0 Å². The Morgan fingerprint density at radius 1 is 1.35 bits per heavy atom. The van der Waals surface area contributed by atoms with Gasteiger partial charge >= 0.3 is 0 Å². The van der Waals surface area contributed by atoms with Crippen LogP contribution in [-0.4, -0.2) is 32.9 Å². The SMILES string of the molecule is CNCC(O)c1cc(Cl)c(C)c(OC)c1OC. The summed E-state index contributed by atoms with van der Waals surface area (Å²) in [5, 5.41) is 13.5. The zero-order valence-corrected chi connectivity index (χ0v) is 11.3. The summed E-state index contributed by atoms with van der Waals surface area (Å²) in [5.74, 6) is 1.09. The van der Waals surface area contributed by atoms with Gasteiger partial charge in [-0.15, -0.1) is 0 Å². The summed E-state index contributed by atoms with van der Waals surface area (Å²) in [7, 11) is 4.86. The van der Waals surface area contributed by atoms with Crippen LogP contribution in [0.3, 0.4) is 0 Å². The second kappa shape index (κ2) is 6.10. The summed E-state index contributed by atoms with van der Waals surface area (Å²) in [5.41, 5.74) is 1.42. The fourth-order valence-electron chi connectivity index (χ4n) is 1.73. The molecule has 0 heterocycles. The first kappa shape index (κ1) is 14.1. The van der Waals surface area contributed by atoms with E-state index in [2.05, 4.69) is 5.32 Å². The molecule has 17 heavy (non-hydrogen) atoms. The number of benzene rings is 1. The summed E-state index contributed by atoms with van der Waals surface area (Å²) in [6.07, 6.45) is -0.693. The molecule has 1 aromatic carbocycles. The minimum Gasteiger partial charge on any atom is -0.493 e. The largest absolute Gasteiger partial charge is 0.493 e. The number of likely N-dealkylation sites (N-methyl/N-ethyl adjacent to an activating group) is 1. The van der Waals surface area contributed by atoms with Crippen molar-refractivity contribution in [3.05, 3.63) is 22.2 Å². The Labute approximate surface area is 106 Å². The Hall–Kier alpha value is -0.970. The molecule has 0 fully saturated rings. The third kappa shape index (κ3) is 2.83. The molecule has 0 aliphatic carbocycles. The molecule has 0 spiro atoms. The van der Waals surface area contributed by atoms with Crippen LogP contribution in [0.1, 0.15) is 17.2 Å². The maximum absolute atomic E-state index is 10.0. The number of hydrogen-bond donors (Lipinski definition) is 2. The van der Waals surface area contributed by atoms with Crippen LogP contribution in [0.5, 0.6) is 11.5 Å². The lowest BCUT2D eigenvalue weighted by atomic mass is 10.0. The first-order chi connectivity index (χ1) is 8.06. The van der Waals surface area contributed by atoms with Crippen molar-refractivity contribution < 1.29 is 14.6 Å². The van der Waals surface area contributed by atoms with Gasteiger partial charge in [0.25, 0.3) is 0 Å². The Bertz CT molecular complexity index is 396. The topological polar surface area (TPSA) is 50.7 Å². The number of halogens is 1. The average Bonchev–Trinajstić information content (AvgIpc) is 2.32. The van der Waals surface area contributed by atoms with Gasteiger partial charge in [-0.1, -0.05) is 11.6 Å². The number of ether oxygens (including phenoxy) is 2. The van der Waals surface area contributed by atoms with Crippen LogP contribution in [0.4, 0.5) is 0 Å². The molecule has 1 unspecified atom stereocenters. The first-order valence-corrected chi connectivity index (χ1v) is 5.68. The van der Waals surface area contributed by atoms with Crippen molar-refractivity contribution in [2.75, 3.05) is 27.8 Å². The van der Waals surface area contributed by atoms with E-state index in [1.54, 1.807) is 27.3 Å². The smallest absolute Gasteiger partial charge is 0.166 e. The highest BCUT2D eigenvalue weighted by Crippen LogP contribution is 2.41. The highest BCUT2D eigenvalue weighted by atomic mass is 35.5. The number of aliphatic hydroxyl groups excluding tert-OH is 1. The average molecular weight is 260 g/mol. The summed E-state index contributed by atoms with van der Waals surface area (Å²) >= 11 is 6.10. The van der Waals surface area contributed by atoms with Crippen LogP contribution in [0.15, 0.2) is 6.07 Å². The van der Waals surface area contributed by atoms with E-state index in [0.717, 1.165) is 5.56 Å². The summed E-state index contributed by atoms with van der Waals surface area (Å²) in [6, 6.07) is 1.71. The predicted octanol–water partition coefficient (Wildman–Crippen LogP) is 1.92. The zero-order valence-electron chi connectivity index (χ0n) is 10.5. The van der Waals surface area contributed by atoms with Crippen molar-refractivity contribution in [3.8, 4) is 11.5 Å². The van der Waals surface area contributed by atoms with Gasteiger partial charge in [0, 0.05) is 22.7 Å². The van der Waals surface area contributed by atoms with Gasteiger partial charge in [-0.05, 0) is 20.0 Å². The van der Waals surface area contributed by atoms with Crippen molar-refractivity contribution in [3.63, 3.8) is 0 Å². The quantitative estimate of drug-likeness (QED) is 0.848. The molecular formula is C12H18ClNO3.